The van der Waals surface area contributed by atoms with Gasteiger partial charge in [-0.15, -0.1) is 0 Å². The number of nitrogens with zero attached hydrogens (tertiary/aromatic N) is 3. The van der Waals surface area contributed by atoms with Crippen molar-refractivity contribution in [3.63, 3.8) is 0 Å². The molecule has 130 valence electrons. The largest absolute Gasteiger partial charge is 0.478 e. The first-order valence-corrected chi connectivity index (χ1v) is 7.98. The van der Waals surface area contributed by atoms with Crippen LogP contribution in [0.15, 0.2) is 54.7 Å². The van der Waals surface area contributed by atoms with E-state index in [0.29, 0.717) is 17.8 Å². The maximum absolute atomic E-state index is 13.0. The minimum absolute atomic E-state index is 0.217. The number of aromatic nitrogens is 2. The van der Waals surface area contributed by atoms with Gasteiger partial charge >= 0.3 is 5.97 Å². The smallest absolute Gasteiger partial charge is 0.336 e. The van der Waals surface area contributed by atoms with Gasteiger partial charge in [-0.1, -0.05) is 12.1 Å². The Morgan fingerprint density at radius 2 is 1.81 bits per heavy atom. The number of rotatable bonds is 3. The fraction of sp³-hybridized carbons (Fsp3) is 0.105. The van der Waals surface area contributed by atoms with Crippen LogP contribution < -0.4 is 0 Å². The van der Waals surface area contributed by atoms with Crippen LogP contribution in [0, 0.1) is 5.82 Å². The summed E-state index contributed by atoms with van der Waals surface area (Å²) in [4.78, 5) is 25.6. The molecule has 1 aromatic heterocycles. The average Bonchev–Trinajstić information content (AvgIpc) is 3.28. The van der Waals surface area contributed by atoms with Gasteiger partial charge in [0.25, 0.3) is 5.91 Å². The van der Waals surface area contributed by atoms with E-state index in [2.05, 4.69) is 5.10 Å². The van der Waals surface area contributed by atoms with Crippen LogP contribution in [0.4, 0.5) is 4.39 Å². The van der Waals surface area contributed by atoms with Crippen molar-refractivity contribution in [3.05, 3.63) is 82.9 Å². The van der Waals surface area contributed by atoms with E-state index in [9.17, 15) is 19.1 Å². The van der Waals surface area contributed by atoms with E-state index in [1.165, 1.54) is 16.8 Å². The maximum Gasteiger partial charge on any atom is 0.336 e. The van der Waals surface area contributed by atoms with Gasteiger partial charge in [0.05, 0.1) is 11.3 Å². The van der Waals surface area contributed by atoms with Crippen LogP contribution >= 0.6 is 0 Å². The lowest BCUT2D eigenvalue weighted by Crippen LogP contribution is -2.26. The zero-order valence-corrected chi connectivity index (χ0v) is 13.6. The number of carboxylic acids is 1. The predicted octanol–water partition coefficient (Wildman–Crippen LogP) is 2.87. The summed E-state index contributed by atoms with van der Waals surface area (Å²) in [6, 6.07) is 12.4. The van der Waals surface area contributed by atoms with Crippen LogP contribution in [0.25, 0.3) is 5.69 Å². The zero-order valence-electron chi connectivity index (χ0n) is 13.6. The molecule has 1 amide bonds. The number of carboxylic acid groups (broad SMARTS) is 1. The summed E-state index contributed by atoms with van der Waals surface area (Å²) >= 11 is 0. The van der Waals surface area contributed by atoms with E-state index in [4.69, 9.17) is 0 Å². The zero-order chi connectivity index (χ0) is 18.3. The Kier molecular flexibility index (Phi) is 3.76. The summed E-state index contributed by atoms with van der Waals surface area (Å²) in [7, 11) is 0. The predicted molar refractivity (Wildman–Crippen MR) is 90.5 cm³/mol. The number of benzene rings is 2. The number of fused-ring (bicyclic) bond motifs is 1. The van der Waals surface area contributed by atoms with Crippen LogP contribution in [-0.2, 0) is 13.1 Å². The number of halogens is 1. The quantitative estimate of drug-likeness (QED) is 0.787. The van der Waals surface area contributed by atoms with Crippen LogP contribution in [0.2, 0.25) is 0 Å². The molecule has 2 aromatic carbocycles. The van der Waals surface area contributed by atoms with Crippen molar-refractivity contribution < 1.29 is 19.1 Å². The minimum atomic E-state index is -1.00. The van der Waals surface area contributed by atoms with Crippen molar-refractivity contribution in [2.24, 2.45) is 0 Å². The van der Waals surface area contributed by atoms with Gasteiger partial charge in [0.1, 0.15) is 5.82 Å². The monoisotopic (exact) mass is 351 g/mol. The highest BCUT2D eigenvalue weighted by molar-refractivity contribution is 5.94. The number of hydrogen-bond acceptors (Lipinski definition) is 3. The lowest BCUT2D eigenvalue weighted by Gasteiger charge is -2.13. The number of amides is 1. The molecule has 0 aliphatic carbocycles. The highest BCUT2D eigenvalue weighted by atomic mass is 19.1. The molecule has 0 atom stereocenters. The molecular weight excluding hydrogens is 337 g/mol. The molecule has 0 fully saturated rings. The third-order valence-electron chi connectivity index (χ3n) is 4.40. The topological polar surface area (TPSA) is 75.4 Å². The van der Waals surface area contributed by atoms with Gasteiger partial charge in [-0.2, -0.15) is 5.10 Å². The lowest BCUT2D eigenvalue weighted by atomic mass is 10.0. The minimum Gasteiger partial charge on any atom is -0.478 e. The van der Waals surface area contributed by atoms with Crippen molar-refractivity contribution in [2.75, 3.05) is 0 Å². The first kappa shape index (κ1) is 16.0. The van der Waals surface area contributed by atoms with Crippen LogP contribution in [0.1, 0.15) is 32.0 Å². The molecule has 1 aliphatic rings. The number of aromatic carboxylic acids is 1. The SMILES string of the molecule is O=C(O)c1cccc2c1CN(C(=O)c1ccn(-c3ccc(F)cc3)n1)C2. The van der Waals surface area contributed by atoms with E-state index >= 15 is 0 Å². The summed E-state index contributed by atoms with van der Waals surface area (Å²) in [5, 5.41) is 13.6. The van der Waals surface area contributed by atoms with E-state index in [1.54, 1.807) is 41.4 Å². The van der Waals surface area contributed by atoms with Gasteiger partial charge in [0.15, 0.2) is 5.69 Å². The summed E-state index contributed by atoms with van der Waals surface area (Å²) < 4.78 is 14.5. The molecule has 6 nitrogen and oxygen atoms in total. The van der Waals surface area contributed by atoms with Gasteiger partial charge in [-0.05, 0) is 47.5 Å². The summed E-state index contributed by atoms with van der Waals surface area (Å²) in [5.41, 5.74) is 2.60. The van der Waals surface area contributed by atoms with Crippen molar-refractivity contribution in [1.82, 2.24) is 14.7 Å². The molecule has 26 heavy (non-hydrogen) atoms. The van der Waals surface area contributed by atoms with Crippen LogP contribution in [0.5, 0.6) is 0 Å². The molecule has 0 bridgehead atoms. The Labute approximate surface area is 148 Å². The van der Waals surface area contributed by atoms with E-state index in [0.717, 1.165) is 5.56 Å². The Morgan fingerprint density at radius 3 is 2.54 bits per heavy atom. The second kappa shape index (κ2) is 6.11. The van der Waals surface area contributed by atoms with E-state index < -0.39 is 5.97 Å². The van der Waals surface area contributed by atoms with Crippen molar-refractivity contribution in [2.45, 2.75) is 13.1 Å². The van der Waals surface area contributed by atoms with Gasteiger partial charge in [0, 0.05) is 19.3 Å². The first-order valence-electron chi connectivity index (χ1n) is 7.98. The molecule has 0 unspecified atom stereocenters. The van der Waals surface area contributed by atoms with Crippen LogP contribution in [0.3, 0.4) is 0 Å². The molecule has 2 heterocycles. The van der Waals surface area contributed by atoms with Gasteiger partial charge in [-0.25, -0.2) is 13.9 Å². The second-order valence-corrected chi connectivity index (χ2v) is 6.03. The Hall–Kier alpha value is -3.48. The molecule has 7 heteroatoms. The third-order valence-corrected chi connectivity index (χ3v) is 4.40. The average molecular weight is 351 g/mol. The Morgan fingerprint density at radius 1 is 1.04 bits per heavy atom. The fourth-order valence-electron chi connectivity index (χ4n) is 3.10. The molecule has 0 saturated carbocycles. The van der Waals surface area contributed by atoms with Gasteiger partial charge < -0.3 is 10.0 Å². The normalized spacial score (nSPS) is 12.9. The van der Waals surface area contributed by atoms with E-state index in [1.807, 2.05) is 6.07 Å². The summed E-state index contributed by atoms with van der Waals surface area (Å²) in [6.45, 7) is 0.582. The molecule has 1 N–H and O–H groups in total. The second-order valence-electron chi connectivity index (χ2n) is 6.03. The maximum atomic E-state index is 13.0. The standard InChI is InChI=1S/C19H14FN3O3/c20-13-4-6-14(7-5-13)23-9-8-17(21-23)18(24)22-10-12-2-1-3-15(19(25)26)16(12)11-22/h1-9H,10-11H2,(H,25,26). The van der Waals surface area contributed by atoms with Crippen LogP contribution in [-0.4, -0.2) is 31.7 Å². The van der Waals surface area contributed by atoms with Crippen molar-refractivity contribution in [1.29, 1.82) is 0 Å². The molecule has 0 saturated heterocycles. The van der Waals surface area contributed by atoms with Gasteiger partial charge in [0.2, 0.25) is 0 Å². The summed E-state index contributed by atoms with van der Waals surface area (Å²) in [6.07, 6.45) is 1.63. The molecular formula is C19H14FN3O3. The lowest BCUT2D eigenvalue weighted by molar-refractivity contribution is 0.0687. The Balaban J connectivity index is 1.57. The van der Waals surface area contributed by atoms with E-state index in [-0.39, 0.29) is 29.5 Å². The highest BCUT2D eigenvalue weighted by Crippen LogP contribution is 2.27. The third kappa shape index (κ3) is 2.73. The fourth-order valence-corrected chi connectivity index (χ4v) is 3.10. The number of carbonyl (C=O) groups is 2. The molecule has 0 spiro atoms. The molecule has 4 rings (SSSR count). The Bertz CT molecular complexity index is 1010. The summed E-state index contributed by atoms with van der Waals surface area (Å²) in [5.74, 6) is -1.63. The molecule has 0 radical (unpaired) electrons. The molecule has 3 aromatic rings. The highest BCUT2D eigenvalue weighted by Gasteiger charge is 2.28. The van der Waals surface area contributed by atoms with Crippen molar-refractivity contribution in [3.8, 4) is 5.69 Å². The number of carbonyl (C=O) groups excluding carboxylic acids is 1. The molecule has 1 aliphatic heterocycles. The first-order chi connectivity index (χ1) is 12.5. The van der Waals surface area contributed by atoms with Gasteiger partial charge in [-0.3, -0.25) is 4.79 Å². The van der Waals surface area contributed by atoms with Crippen molar-refractivity contribution >= 4 is 11.9 Å². The number of hydrogen-bond donors (Lipinski definition) is 1.